The van der Waals surface area contributed by atoms with E-state index in [-0.39, 0.29) is 5.56 Å². The summed E-state index contributed by atoms with van der Waals surface area (Å²) < 4.78 is 34.2. The van der Waals surface area contributed by atoms with Crippen molar-refractivity contribution in [2.45, 2.75) is 64.4 Å². The topological polar surface area (TPSA) is 9.23 Å². The standard InChI is InChI=1S/C24H30F2O/c1-3-6-17-9-11-18(12-10-17)19-13-15-20(16-14-19)24(27-4-2)23-21(25)7-5-8-22(23)26/h5,7-8,13-18,24H,3-4,6,9-12H2,1-2H3/t17-,18-,24?. The lowest BCUT2D eigenvalue weighted by Crippen LogP contribution is -2.14. The molecule has 1 nitrogen and oxygen atoms in total. The van der Waals surface area contributed by atoms with Gasteiger partial charge in [-0.3, -0.25) is 0 Å². The van der Waals surface area contributed by atoms with Crippen LogP contribution in [0.25, 0.3) is 0 Å². The van der Waals surface area contributed by atoms with E-state index in [9.17, 15) is 8.78 Å². The van der Waals surface area contributed by atoms with Gasteiger partial charge in [0.05, 0.1) is 5.56 Å². The third-order valence-corrected chi connectivity index (χ3v) is 5.85. The summed E-state index contributed by atoms with van der Waals surface area (Å²) in [5.41, 5.74) is 2.12. The van der Waals surface area contributed by atoms with Gasteiger partial charge in [0.1, 0.15) is 17.7 Å². The van der Waals surface area contributed by atoms with Crippen LogP contribution in [0.3, 0.4) is 0 Å². The molecule has 0 heterocycles. The number of benzene rings is 2. The van der Waals surface area contributed by atoms with Crippen LogP contribution in [0.15, 0.2) is 42.5 Å². The fraction of sp³-hybridized carbons (Fsp3) is 0.500. The predicted octanol–water partition coefficient (Wildman–Crippen LogP) is 7.16. The van der Waals surface area contributed by atoms with Crippen molar-refractivity contribution in [3.8, 4) is 0 Å². The summed E-state index contributed by atoms with van der Waals surface area (Å²) in [4.78, 5) is 0. The van der Waals surface area contributed by atoms with Crippen molar-refractivity contribution in [3.63, 3.8) is 0 Å². The van der Waals surface area contributed by atoms with E-state index in [0.29, 0.717) is 12.5 Å². The first-order chi connectivity index (χ1) is 13.1. The molecule has 0 aromatic heterocycles. The lowest BCUT2D eigenvalue weighted by molar-refractivity contribution is 0.0859. The zero-order valence-electron chi connectivity index (χ0n) is 16.4. The lowest BCUT2D eigenvalue weighted by Gasteiger charge is -2.29. The fourth-order valence-corrected chi connectivity index (χ4v) is 4.41. The average Bonchev–Trinajstić information content (AvgIpc) is 2.68. The van der Waals surface area contributed by atoms with Gasteiger partial charge in [-0.05, 0) is 67.7 Å². The van der Waals surface area contributed by atoms with Gasteiger partial charge in [0.2, 0.25) is 0 Å². The number of ether oxygens (including phenoxy) is 1. The maximum absolute atomic E-state index is 14.3. The van der Waals surface area contributed by atoms with Gasteiger partial charge in [-0.25, -0.2) is 8.78 Å². The fourth-order valence-electron chi connectivity index (χ4n) is 4.41. The van der Waals surface area contributed by atoms with Crippen LogP contribution in [0, 0.1) is 17.6 Å². The Hall–Kier alpha value is -1.74. The second-order valence-electron chi connectivity index (χ2n) is 7.64. The Labute approximate surface area is 161 Å². The van der Waals surface area contributed by atoms with E-state index in [1.807, 2.05) is 19.1 Å². The normalized spacial score (nSPS) is 21.2. The molecule has 1 atom stereocenters. The molecule has 0 spiro atoms. The molecule has 1 aliphatic carbocycles. The van der Waals surface area contributed by atoms with Gasteiger partial charge >= 0.3 is 0 Å². The Bertz CT molecular complexity index is 697. The molecular formula is C24H30F2O. The molecule has 2 aromatic carbocycles. The Balaban J connectivity index is 1.77. The van der Waals surface area contributed by atoms with E-state index < -0.39 is 17.7 Å². The van der Waals surface area contributed by atoms with Crippen LogP contribution in [-0.2, 0) is 4.74 Å². The molecular weight excluding hydrogens is 342 g/mol. The summed E-state index contributed by atoms with van der Waals surface area (Å²) in [6, 6.07) is 12.1. The van der Waals surface area contributed by atoms with Crippen molar-refractivity contribution in [3.05, 3.63) is 70.8 Å². The van der Waals surface area contributed by atoms with Crippen LogP contribution >= 0.6 is 0 Å². The average molecular weight is 372 g/mol. The molecule has 3 rings (SSSR count). The molecule has 2 aromatic rings. The van der Waals surface area contributed by atoms with Crippen molar-refractivity contribution in [1.29, 1.82) is 0 Å². The van der Waals surface area contributed by atoms with Crippen LogP contribution in [0.5, 0.6) is 0 Å². The quantitative estimate of drug-likeness (QED) is 0.501. The molecule has 0 bridgehead atoms. The summed E-state index contributed by atoms with van der Waals surface area (Å²) in [6.07, 6.45) is 6.99. The molecule has 1 unspecified atom stereocenters. The van der Waals surface area contributed by atoms with Gasteiger partial charge in [-0.1, -0.05) is 50.1 Å². The lowest BCUT2D eigenvalue weighted by atomic mass is 9.77. The third kappa shape index (κ3) is 4.76. The number of hydrogen-bond acceptors (Lipinski definition) is 1. The number of halogens is 2. The van der Waals surface area contributed by atoms with Crippen LogP contribution in [-0.4, -0.2) is 6.61 Å². The van der Waals surface area contributed by atoms with Crippen molar-refractivity contribution >= 4 is 0 Å². The summed E-state index contributed by atoms with van der Waals surface area (Å²) in [6.45, 7) is 4.49. The van der Waals surface area contributed by atoms with Gasteiger partial charge in [0, 0.05) is 6.61 Å². The Morgan fingerprint density at radius 2 is 1.56 bits per heavy atom. The maximum Gasteiger partial charge on any atom is 0.132 e. The summed E-state index contributed by atoms with van der Waals surface area (Å²) in [7, 11) is 0. The zero-order chi connectivity index (χ0) is 19.2. The molecule has 0 saturated heterocycles. The van der Waals surface area contributed by atoms with Gasteiger partial charge in [-0.2, -0.15) is 0 Å². The molecule has 0 amide bonds. The number of hydrogen-bond donors (Lipinski definition) is 0. The van der Waals surface area contributed by atoms with Gasteiger partial charge in [0.25, 0.3) is 0 Å². The Kier molecular flexibility index (Phi) is 7.01. The van der Waals surface area contributed by atoms with E-state index in [2.05, 4.69) is 19.1 Å². The van der Waals surface area contributed by atoms with Crippen LogP contribution < -0.4 is 0 Å². The van der Waals surface area contributed by atoms with Crippen molar-refractivity contribution in [2.75, 3.05) is 6.61 Å². The molecule has 146 valence electrons. The summed E-state index contributed by atoms with van der Waals surface area (Å²) in [5, 5.41) is 0. The highest BCUT2D eigenvalue weighted by Gasteiger charge is 2.24. The minimum Gasteiger partial charge on any atom is -0.369 e. The zero-order valence-corrected chi connectivity index (χ0v) is 16.4. The maximum atomic E-state index is 14.3. The second kappa shape index (κ2) is 9.45. The van der Waals surface area contributed by atoms with E-state index in [1.165, 1.54) is 62.3 Å². The molecule has 27 heavy (non-hydrogen) atoms. The minimum absolute atomic E-state index is 0.00725. The van der Waals surface area contributed by atoms with Crippen molar-refractivity contribution < 1.29 is 13.5 Å². The molecule has 1 fully saturated rings. The molecule has 1 saturated carbocycles. The van der Waals surface area contributed by atoms with Crippen LogP contribution in [0.2, 0.25) is 0 Å². The predicted molar refractivity (Wildman–Crippen MR) is 106 cm³/mol. The van der Waals surface area contributed by atoms with E-state index in [4.69, 9.17) is 4.74 Å². The van der Waals surface area contributed by atoms with Gasteiger partial charge in [-0.15, -0.1) is 0 Å². The largest absolute Gasteiger partial charge is 0.369 e. The Morgan fingerprint density at radius 1 is 0.926 bits per heavy atom. The van der Waals surface area contributed by atoms with Crippen molar-refractivity contribution in [1.82, 2.24) is 0 Å². The first-order valence-corrected chi connectivity index (χ1v) is 10.3. The first-order valence-electron chi connectivity index (χ1n) is 10.3. The molecule has 0 aliphatic heterocycles. The van der Waals surface area contributed by atoms with Crippen molar-refractivity contribution in [2.24, 2.45) is 5.92 Å². The second-order valence-corrected chi connectivity index (χ2v) is 7.64. The highest BCUT2D eigenvalue weighted by Crippen LogP contribution is 2.38. The van der Waals surface area contributed by atoms with E-state index >= 15 is 0 Å². The monoisotopic (exact) mass is 372 g/mol. The van der Waals surface area contributed by atoms with Gasteiger partial charge < -0.3 is 4.74 Å². The molecule has 1 aliphatic rings. The minimum atomic E-state index is -0.717. The third-order valence-electron chi connectivity index (χ3n) is 5.85. The Morgan fingerprint density at radius 3 is 2.11 bits per heavy atom. The van der Waals surface area contributed by atoms with E-state index in [0.717, 1.165) is 11.5 Å². The molecule has 0 radical (unpaired) electrons. The first kappa shape index (κ1) is 20.0. The SMILES string of the molecule is CCC[C@H]1CC[C@H](c2ccc(C(OCC)c3c(F)cccc3F)cc2)CC1. The smallest absolute Gasteiger partial charge is 0.132 e. The van der Waals surface area contributed by atoms with E-state index in [1.54, 1.807) is 0 Å². The van der Waals surface area contributed by atoms with Crippen LogP contribution in [0.1, 0.15) is 81.1 Å². The summed E-state index contributed by atoms with van der Waals surface area (Å²) in [5.74, 6) is 0.360. The van der Waals surface area contributed by atoms with Gasteiger partial charge in [0.15, 0.2) is 0 Å². The highest BCUT2D eigenvalue weighted by molar-refractivity contribution is 5.35. The molecule has 3 heteroatoms. The molecule has 0 N–H and O–H groups in total. The van der Waals surface area contributed by atoms with Crippen LogP contribution in [0.4, 0.5) is 8.78 Å². The highest BCUT2D eigenvalue weighted by atomic mass is 19.1. The number of rotatable bonds is 7. The summed E-state index contributed by atoms with van der Waals surface area (Å²) >= 11 is 0.